The summed E-state index contributed by atoms with van der Waals surface area (Å²) in [6, 6.07) is -0.890. The number of aliphatic hydroxyl groups excluding tert-OH is 2. The van der Waals surface area contributed by atoms with Gasteiger partial charge in [0, 0.05) is 99.6 Å². The number of nitrogens with one attached hydrogen (secondary N) is 7. The van der Waals surface area contributed by atoms with E-state index in [0.717, 1.165) is 0 Å². The lowest BCUT2D eigenvalue weighted by Crippen LogP contribution is -2.52. The van der Waals surface area contributed by atoms with Gasteiger partial charge in [-0.25, -0.2) is 9.97 Å². The van der Waals surface area contributed by atoms with E-state index in [0.29, 0.717) is 36.2 Å². The van der Waals surface area contributed by atoms with E-state index in [1.54, 1.807) is 20.9 Å². The van der Waals surface area contributed by atoms with Crippen LogP contribution in [0.5, 0.6) is 5.75 Å². The van der Waals surface area contributed by atoms with Crippen LogP contribution in [0.1, 0.15) is 129 Å². The standard InChI is InChI=1S/C62H97N17O14/c1-7-34(4)54(51(86)22-38(56(64)89)20-42-28-70-31-74-42)78-59(92)40(19-36-12-14-44(82)15-13-36)24-49(84)47(27-53(63)88)77-57(90)37(10-8-16-72-61(65)66)21-52(87)55(35(5)81)79-60(93)41(30-80)25-50(85)46(26-43-29-71-32-75-43)76-58(91)39(18-33(2)3)23-48(83)45(69-6)11-9-17-73-62(67)68/h12-15,28-29,31-35,37-41,45-47,54-55,69,80-82H,7-11,16-27,30H2,1-6H3,(H2,63,88)(H2,64,89)(H,70,74)(H,71,75)(H,76,91)(H,77,90)(H,78,92)(H,79,93)(H4,65,66,72)(H4,67,68,73)/t34-,35+,37+,38+,39+,40+,41-,45-,46-,47-,54-,55-/m0/s1. The molecule has 31 nitrogen and oxygen atoms in total. The zero-order valence-corrected chi connectivity index (χ0v) is 53.9. The molecule has 1 aromatic carbocycles. The van der Waals surface area contributed by atoms with Crippen molar-refractivity contribution >= 4 is 76.3 Å². The van der Waals surface area contributed by atoms with Crippen LogP contribution in [0.2, 0.25) is 0 Å². The number of aromatic nitrogens is 4. The third-order valence-corrected chi connectivity index (χ3v) is 16.0. The number of carbonyl (C=O) groups is 11. The van der Waals surface area contributed by atoms with Crippen molar-refractivity contribution in [1.29, 1.82) is 0 Å². The van der Waals surface area contributed by atoms with E-state index in [2.05, 4.69) is 56.5 Å². The number of Topliss-reactive ketones (excluding diaryl/α,β-unsaturated/α-hetero) is 5. The lowest BCUT2D eigenvalue weighted by Gasteiger charge is -2.28. The number of rotatable bonds is 47. The summed E-state index contributed by atoms with van der Waals surface area (Å²) in [5.74, 6) is -15.7. The first kappa shape index (κ1) is 78.3. The predicted molar refractivity (Wildman–Crippen MR) is 343 cm³/mol. The Hall–Kier alpha value is -8.97. The molecule has 0 saturated carbocycles. The number of aromatic amines is 2. The Morgan fingerprint density at radius 1 is 0.548 bits per heavy atom. The second-order valence-corrected chi connectivity index (χ2v) is 24.1. The number of hydrogen-bond donors (Lipinski definition) is 16. The molecule has 0 aliphatic heterocycles. The minimum Gasteiger partial charge on any atom is -0.508 e. The van der Waals surface area contributed by atoms with Crippen LogP contribution < -0.4 is 61.0 Å². The molecule has 0 unspecified atom stereocenters. The van der Waals surface area contributed by atoms with Crippen LogP contribution in [0.15, 0.2) is 59.3 Å². The van der Waals surface area contributed by atoms with Crippen LogP contribution in [0.4, 0.5) is 0 Å². The molecule has 3 aromatic rings. The Kier molecular flexibility index (Phi) is 33.8. The quantitative estimate of drug-likeness (QED) is 0.0169. The summed E-state index contributed by atoms with van der Waals surface area (Å²) in [5, 5.41) is 45.1. The molecule has 12 atom stereocenters. The van der Waals surface area contributed by atoms with Gasteiger partial charge in [-0.2, -0.15) is 0 Å². The Labute approximate surface area is 540 Å². The van der Waals surface area contributed by atoms with E-state index in [1.165, 1.54) is 56.2 Å². The minimum atomic E-state index is -1.77. The summed E-state index contributed by atoms with van der Waals surface area (Å²) < 4.78 is 0. The van der Waals surface area contributed by atoms with E-state index in [4.69, 9.17) is 34.4 Å². The second-order valence-electron chi connectivity index (χ2n) is 24.1. The molecule has 514 valence electrons. The highest BCUT2D eigenvalue weighted by Crippen LogP contribution is 2.24. The smallest absolute Gasteiger partial charge is 0.226 e. The number of aromatic hydroxyl groups is 1. The lowest BCUT2D eigenvalue weighted by atomic mass is 9.86. The molecule has 6 amide bonds. The van der Waals surface area contributed by atoms with Gasteiger partial charge in [0.1, 0.15) is 11.8 Å². The zero-order valence-electron chi connectivity index (χ0n) is 53.9. The largest absolute Gasteiger partial charge is 0.508 e. The van der Waals surface area contributed by atoms with Gasteiger partial charge in [-0.1, -0.05) is 46.2 Å². The predicted octanol–water partition coefficient (Wildman–Crippen LogP) is -1.80. The maximum atomic E-state index is 14.5. The maximum Gasteiger partial charge on any atom is 0.226 e. The Morgan fingerprint density at radius 3 is 1.54 bits per heavy atom. The molecule has 2 heterocycles. The van der Waals surface area contributed by atoms with Gasteiger partial charge in [-0.15, -0.1) is 0 Å². The van der Waals surface area contributed by atoms with Crippen LogP contribution in [0.25, 0.3) is 0 Å². The van der Waals surface area contributed by atoms with Crippen LogP contribution >= 0.6 is 0 Å². The van der Waals surface area contributed by atoms with Crippen LogP contribution in [0.3, 0.4) is 0 Å². The van der Waals surface area contributed by atoms with Gasteiger partial charge in [0.25, 0.3) is 0 Å². The number of nitrogens with two attached hydrogens (primary N) is 6. The van der Waals surface area contributed by atoms with Crippen LogP contribution in [0, 0.1) is 41.4 Å². The van der Waals surface area contributed by atoms with Crippen molar-refractivity contribution in [2.24, 2.45) is 85.8 Å². The number of carbonyl (C=O) groups excluding carboxylic acids is 11. The molecule has 0 fully saturated rings. The van der Waals surface area contributed by atoms with Gasteiger partial charge in [0.05, 0.1) is 67.8 Å². The molecule has 0 bridgehead atoms. The molecule has 0 spiro atoms. The van der Waals surface area contributed by atoms with Crippen molar-refractivity contribution in [3.8, 4) is 5.75 Å². The first-order valence-corrected chi connectivity index (χ1v) is 31.2. The summed E-state index contributed by atoms with van der Waals surface area (Å²) >= 11 is 0. The Bertz CT molecular complexity index is 2980. The highest BCUT2D eigenvalue weighted by molar-refractivity contribution is 6.00. The average Bonchev–Trinajstić information content (AvgIpc) is 2.79. The molecule has 2 aromatic heterocycles. The molecule has 0 saturated heterocycles. The van der Waals surface area contributed by atoms with Gasteiger partial charge in [0.15, 0.2) is 40.8 Å². The van der Waals surface area contributed by atoms with Gasteiger partial charge in [0.2, 0.25) is 35.4 Å². The van der Waals surface area contributed by atoms with Gasteiger partial charge < -0.3 is 86.3 Å². The van der Waals surface area contributed by atoms with Crippen molar-refractivity contribution in [2.75, 3.05) is 26.7 Å². The number of amides is 6. The number of benzene rings is 1. The van der Waals surface area contributed by atoms with Crippen molar-refractivity contribution in [3.63, 3.8) is 0 Å². The molecule has 3 rings (SSSR count). The molecule has 93 heavy (non-hydrogen) atoms. The third-order valence-electron chi connectivity index (χ3n) is 16.0. The highest BCUT2D eigenvalue weighted by Gasteiger charge is 2.38. The number of phenols is 1. The summed E-state index contributed by atoms with van der Waals surface area (Å²) in [7, 11) is 1.61. The molecule has 0 radical (unpaired) electrons. The summed E-state index contributed by atoms with van der Waals surface area (Å²) in [5.41, 5.74) is 34.7. The van der Waals surface area contributed by atoms with Crippen molar-refractivity contribution in [3.05, 3.63) is 66.3 Å². The number of hydrogen-bond acceptors (Lipinski definition) is 19. The number of nitrogens with zero attached hydrogens (tertiary/aromatic N) is 4. The number of aliphatic imine (C=N–C) groups is 2. The fourth-order valence-electron chi connectivity index (χ4n) is 10.6. The summed E-state index contributed by atoms with van der Waals surface area (Å²) in [4.78, 5) is 175. The van der Waals surface area contributed by atoms with Crippen LogP contribution in [-0.2, 0) is 72.0 Å². The SMILES string of the molecule is CC[C@H](C)[C@H](NC(=O)[C@@H](CC(=O)[C@H](CC(N)=O)NC(=O)[C@H](CCCN=C(N)N)CC(=O)[C@@H](NC(=O)[C@H](CO)CC(=O)[C@H](Cc1cnc[nH]1)NC(=O)[C@@H](CC(=O)[C@H](CCCN=C(N)N)NC)CC(C)C)[C@@H](C)O)Cc1ccc(O)cc1)C(=O)C[C@@H](Cc1cnc[nH]1)C(N)=O. The molecular weight excluding hydrogens is 1210 g/mol. The molecular formula is C62H97N17O14. The van der Waals surface area contributed by atoms with Crippen LogP contribution in [-0.4, -0.2) is 175 Å². The van der Waals surface area contributed by atoms with Crippen molar-refractivity contribution in [2.45, 2.75) is 167 Å². The molecule has 22 N–H and O–H groups in total. The van der Waals surface area contributed by atoms with E-state index in [9.17, 15) is 68.1 Å². The first-order valence-electron chi connectivity index (χ1n) is 31.2. The van der Waals surface area contributed by atoms with E-state index < -0.39 is 163 Å². The monoisotopic (exact) mass is 1300 g/mol. The van der Waals surface area contributed by atoms with E-state index in [1.807, 2.05) is 13.8 Å². The number of ketones is 5. The first-order chi connectivity index (χ1) is 44.0. The van der Waals surface area contributed by atoms with Crippen molar-refractivity contribution < 1.29 is 68.1 Å². The zero-order chi connectivity index (χ0) is 69.5. The topological polar surface area (TPSA) is 547 Å². The fraction of sp³-hybridized carbons (Fsp3) is 0.597. The van der Waals surface area contributed by atoms with E-state index >= 15 is 0 Å². The number of aliphatic hydroxyl groups is 2. The lowest BCUT2D eigenvalue weighted by molar-refractivity contribution is -0.138. The normalized spacial score (nSPS) is 15.2. The van der Waals surface area contributed by atoms with Crippen molar-refractivity contribution in [1.82, 2.24) is 46.5 Å². The Balaban J connectivity index is 1.92. The van der Waals surface area contributed by atoms with Gasteiger partial charge in [-0.3, -0.25) is 62.7 Å². The Morgan fingerprint density at radius 2 is 1.02 bits per heavy atom. The second kappa shape index (κ2) is 40.1. The molecule has 0 aliphatic carbocycles. The summed E-state index contributed by atoms with van der Waals surface area (Å²) in [6.07, 6.45) is 1.74. The third kappa shape index (κ3) is 28.2. The molecule has 0 aliphatic rings. The number of guanidine groups is 2. The number of primary amides is 2. The van der Waals surface area contributed by atoms with Gasteiger partial charge in [-0.05, 0) is 82.0 Å². The summed E-state index contributed by atoms with van der Waals surface area (Å²) in [6.45, 7) is 7.69. The number of likely N-dealkylation sites (N-methyl/N-ethyl adjacent to an activating group) is 1. The minimum absolute atomic E-state index is 0.0493. The highest BCUT2D eigenvalue weighted by atomic mass is 16.3. The average molecular weight is 1300 g/mol. The maximum absolute atomic E-state index is 14.5. The fourth-order valence-corrected chi connectivity index (χ4v) is 10.6. The van der Waals surface area contributed by atoms with Gasteiger partial charge >= 0.3 is 0 Å². The number of imidazole rings is 2. The number of H-pyrrole nitrogens is 2. The van der Waals surface area contributed by atoms with E-state index in [-0.39, 0.29) is 93.8 Å². The number of phenolic OH excluding ortho intramolecular Hbond substituents is 1. The molecule has 31 heteroatoms.